The van der Waals surface area contributed by atoms with E-state index in [0.29, 0.717) is 0 Å². The molecule has 0 bridgehead atoms. The minimum atomic E-state index is -4.53. The Morgan fingerprint density at radius 3 is 2.56 bits per heavy atom. The van der Waals surface area contributed by atoms with E-state index in [1.807, 2.05) is 0 Å². The molecule has 1 N–H and O–H groups in total. The third kappa shape index (κ3) is 3.13. The summed E-state index contributed by atoms with van der Waals surface area (Å²) in [5.41, 5.74) is -0.968. The van der Waals surface area contributed by atoms with Gasteiger partial charge in [-0.25, -0.2) is 5.16 Å². The van der Waals surface area contributed by atoms with Crippen molar-refractivity contribution in [3.63, 3.8) is 0 Å². The molecule has 2 nitrogen and oxygen atoms in total. The first-order valence-electron chi connectivity index (χ1n) is 4.81. The second-order valence-corrected chi connectivity index (χ2v) is 3.68. The van der Waals surface area contributed by atoms with Gasteiger partial charge in [-0.05, 0) is 17.7 Å². The molecule has 0 atom stereocenters. The minimum Gasteiger partial charge on any atom is -0.625 e. The molecule has 0 unspecified atom stereocenters. The van der Waals surface area contributed by atoms with Crippen LogP contribution < -0.4 is 5.16 Å². The van der Waals surface area contributed by atoms with E-state index < -0.39 is 11.7 Å². The number of benzene rings is 1. The smallest absolute Gasteiger partial charge is 0.417 e. The first-order valence-corrected chi connectivity index (χ1v) is 5.19. The largest absolute Gasteiger partial charge is 0.625 e. The zero-order valence-electron chi connectivity index (χ0n) is 9.09. The van der Waals surface area contributed by atoms with Gasteiger partial charge in [0.2, 0.25) is 0 Å². The van der Waals surface area contributed by atoms with E-state index in [4.69, 9.17) is 11.6 Å². The molecular weight excluding hydrogens is 267 g/mol. The Morgan fingerprint density at radius 2 is 2.06 bits per heavy atom. The van der Waals surface area contributed by atoms with Gasteiger partial charge in [-0.3, -0.25) is 0 Å². The molecule has 0 aliphatic rings. The van der Waals surface area contributed by atoms with Gasteiger partial charge in [0.15, 0.2) is 6.21 Å². The molecule has 1 aromatic rings. The molecule has 0 saturated carbocycles. The number of alkyl halides is 3. The van der Waals surface area contributed by atoms with Crippen molar-refractivity contribution in [1.82, 2.24) is 0 Å². The lowest BCUT2D eigenvalue weighted by atomic mass is 9.99. The summed E-state index contributed by atoms with van der Waals surface area (Å²) >= 11 is 5.79. The summed E-state index contributed by atoms with van der Waals surface area (Å²) in [4.78, 5) is 0. The summed E-state index contributed by atoms with van der Waals surface area (Å²) in [7, 11) is 0. The van der Waals surface area contributed by atoms with Crippen LogP contribution in [0, 0.1) is 5.21 Å². The van der Waals surface area contributed by atoms with Crippen molar-refractivity contribution in [2.24, 2.45) is 0 Å². The van der Waals surface area contributed by atoms with Crippen molar-refractivity contribution in [2.45, 2.75) is 6.18 Å². The fraction of sp³-hybridized carbons (Fsp3) is 0.0833. The summed E-state index contributed by atoms with van der Waals surface area (Å²) in [5, 5.41) is 11.5. The Kier molecular flexibility index (Phi) is 4.55. The fourth-order valence-corrected chi connectivity index (χ4v) is 1.71. The molecule has 0 aliphatic carbocycles. The normalized spacial score (nSPS) is 13.0. The standard InChI is InChI=1S/C12H9ClF3NO/c1-2-8(6-7-17-18)11-9(12(14,15)16)4-3-5-10(11)13/h2-7,17H,1H2/b8-6+,17-7+. The van der Waals surface area contributed by atoms with Gasteiger partial charge in [-0.2, -0.15) is 13.2 Å². The number of nitrogens with one attached hydrogen (secondary N) is 1. The fourth-order valence-electron chi connectivity index (χ4n) is 1.43. The van der Waals surface area contributed by atoms with Gasteiger partial charge >= 0.3 is 6.18 Å². The summed E-state index contributed by atoms with van der Waals surface area (Å²) in [6, 6.07) is 3.47. The maximum Gasteiger partial charge on any atom is 0.417 e. The topological polar surface area (TPSA) is 37.0 Å². The van der Waals surface area contributed by atoms with Crippen LogP contribution in [0.25, 0.3) is 5.57 Å². The van der Waals surface area contributed by atoms with Crippen molar-refractivity contribution < 1.29 is 18.3 Å². The van der Waals surface area contributed by atoms with Crippen LogP contribution in [0.4, 0.5) is 13.2 Å². The quantitative estimate of drug-likeness (QED) is 0.391. The molecule has 0 heterocycles. The number of allylic oxidation sites excluding steroid dienone is 3. The zero-order chi connectivity index (χ0) is 13.8. The maximum absolute atomic E-state index is 12.8. The van der Waals surface area contributed by atoms with E-state index in [0.717, 1.165) is 12.3 Å². The van der Waals surface area contributed by atoms with Gasteiger partial charge in [0.1, 0.15) is 0 Å². The highest BCUT2D eigenvalue weighted by Gasteiger charge is 2.34. The molecular formula is C12H9ClF3NO. The van der Waals surface area contributed by atoms with Crippen molar-refractivity contribution in [2.75, 3.05) is 0 Å². The Balaban J connectivity index is 3.51. The summed E-state index contributed by atoms with van der Waals surface area (Å²) in [5.74, 6) is 0. The molecule has 0 radical (unpaired) electrons. The molecule has 0 aliphatic heterocycles. The second kappa shape index (κ2) is 5.73. The molecule has 0 fully saturated rings. The molecule has 0 aromatic heterocycles. The predicted molar refractivity (Wildman–Crippen MR) is 65.0 cm³/mol. The third-order valence-corrected chi connectivity index (χ3v) is 2.47. The highest BCUT2D eigenvalue weighted by Crippen LogP contribution is 2.38. The Bertz CT molecular complexity index is 507. The Labute approximate surface area is 107 Å². The van der Waals surface area contributed by atoms with Crippen molar-refractivity contribution in [3.05, 3.63) is 58.3 Å². The van der Waals surface area contributed by atoms with Gasteiger partial charge in [-0.1, -0.05) is 30.3 Å². The number of hydrogen-bond donors (Lipinski definition) is 1. The zero-order valence-corrected chi connectivity index (χ0v) is 9.85. The lowest BCUT2D eigenvalue weighted by Gasteiger charge is -2.14. The molecule has 0 saturated heterocycles. The van der Waals surface area contributed by atoms with Crippen LogP contribution >= 0.6 is 11.6 Å². The maximum atomic E-state index is 12.8. The highest BCUT2D eigenvalue weighted by atomic mass is 35.5. The summed E-state index contributed by atoms with van der Waals surface area (Å²) in [6.45, 7) is 3.41. The minimum absolute atomic E-state index is 0.0599. The third-order valence-electron chi connectivity index (χ3n) is 2.16. The van der Waals surface area contributed by atoms with E-state index in [1.165, 1.54) is 29.4 Å². The SMILES string of the molecule is C=C/C(=C\C=[NH+]\[O-])c1c(Cl)cccc1C(F)(F)F. The first-order chi connectivity index (χ1) is 8.41. The lowest BCUT2D eigenvalue weighted by Crippen LogP contribution is -2.59. The number of halogens is 4. The van der Waals surface area contributed by atoms with Gasteiger partial charge in [0.25, 0.3) is 0 Å². The molecule has 1 aromatic carbocycles. The van der Waals surface area contributed by atoms with E-state index in [2.05, 4.69) is 6.58 Å². The Hall–Kier alpha value is -1.75. The molecule has 96 valence electrons. The van der Waals surface area contributed by atoms with Crippen LogP contribution in [-0.4, -0.2) is 6.21 Å². The van der Waals surface area contributed by atoms with E-state index >= 15 is 0 Å². The molecule has 18 heavy (non-hydrogen) atoms. The van der Waals surface area contributed by atoms with Crippen LogP contribution in [0.3, 0.4) is 0 Å². The van der Waals surface area contributed by atoms with E-state index in [-0.39, 0.29) is 16.2 Å². The van der Waals surface area contributed by atoms with Crippen LogP contribution in [0.1, 0.15) is 11.1 Å². The number of rotatable bonds is 3. The lowest BCUT2D eigenvalue weighted by molar-refractivity contribution is -0.366. The molecule has 6 heteroatoms. The van der Waals surface area contributed by atoms with Crippen molar-refractivity contribution >= 4 is 23.4 Å². The monoisotopic (exact) mass is 275 g/mol. The average molecular weight is 276 g/mol. The van der Waals surface area contributed by atoms with Gasteiger partial charge in [0, 0.05) is 16.7 Å². The second-order valence-electron chi connectivity index (χ2n) is 3.27. The Morgan fingerprint density at radius 1 is 1.39 bits per heavy atom. The van der Waals surface area contributed by atoms with Crippen LogP contribution in [-0.2, 0) is 6.18 Å². The van der Waals surface area contributed by atoms with E-state index in [1.54, 1.807) is 0 Å². The molecule has 0 spiro atoms. The first kappa shape index (κ1) is 14.3. The van der Waals surface area contributed by atoms with Gasteiger partial charge in [-0.15, -0.1) is 0 Å². The van der Waals surface area contributed by atoms with Crippen molar-refractivity contribution in [1.29, 1.82) is 0 Å². The summed E-state index contributed by atoms with van der Waals surface area (Å²) in [6.07, 6.45) is -1.20. The number of hydrogen-bond acceptors (Lipinski definition) is 1. The van der Waals surface area contributed by atoms with E-state index in [9.17, 15) is 18.4 Å². The highest BCUT2D eigenvalue weighted by molar-refractivity contribution is 6.32. The average Bonchev–Trinajstić information content (AvgIpc) is 2.30. The van der Waals surface area contributed by atoms with Crippen LogP contribution in [0.2, 0.25) is 5.02 Å². The van der Waals surface area contributed by atoms with Crippen LogP contribution in [0.15, 0.2) is 36.9 Å². The predicted octanol–water partition coefficient (Wildman–Crippen LogP) is 2.58. The van der Waals surface area contributed by atoms with Crippen molar-refractivity contribution in [3.8, 4) is 0 Å². The molecule has 1 rings (SSSR count). The summed E-state index contributed by atoms with van der Waals surface area (Å²) < 4.78 is 38.5. The van der Waals surface area contributed by atoms with Gasteiger partial charge in [0.05, 0.1) is 5.56 Å². The van der Waals surface area contributed by atoms with Gasteiger partial charge < -0.3 is 5.21 Å². The molecule has 0 amide bonds. The van der Waals surface area contributed by atoms with Crippen LogP contribution in [0.5, 0.6) is 0 Å².